The molecule has 20 nitrogen and oxygen atoms in total. The molecule has 8 unspecified atom stereocenters. The van der Waals surface area contributed by atoms with E-state index in [-0.39, 0.29) is 21.9 Å². The molecule has 2 aliphatic rings. The van der Waals surface area contributed by atoms with E-state index in [1.54, 1.807) is 6.07 Å². The van der Waals surface area contributed by atoms with Crippen molar-refractivity contribution < 1.29 is 56.9 Å². The first-order valence-corrected chi connectivity index (χ1v) is 17.3. The molecule has 22 heteroatoms. The summed E-state index contributed by atoms with van der Waals surface area (Å²) in [5.74, 6) is -1.88. The molecule has 0 aliphatic carbocycles. The Kier molecular flexibility index (Phi) is 11.7. The van der Waals surface area contributed by atoms with Crippen LogP contribution >= 0.6 is 19.4 Å². The second-order valence-corrected chi connectivity index (χ2v) is 13.8. The summed E-state index contributed by atoms with van der Waals surface area (Å²) < 4.78 is 55.0. The van der Waals surface area contributed by atoms with Gasteiger partial charge >= 0.3 is 31.1 Å². The van der Waals surface area contributed by atoms with Crippen molar-refractivity contribution in [2.45, 2.75) is 76.8 Å². The third-order valence-electron chi connectivity index (χ3n) is 7.90. The van der Waals surface area contributed by atoms with Crippen LogP contribution in [0.25, 0.3) is 0 Å². The number of hydrogen-bond acceptors (Lipinski definition) is 16. The van der Waals surface area contributed by atoms with Crippen molar-refractivity contribution >= 4 is 31.4 Å². The van der Waals surface area contributed by atoms with Crippen molar-refractivity contribution in [2.75, 3.05) is 13.2 Å². The number of esters is 2. The first-order chi connectivity index (χ1) is 24.5. The van der Waals surface area contributed by atoms with Crippen LogP contribution in [0.2, 0.25) is 5.02 Å². The first kappa shape index (κ1) is 38.8. The number of phosphoric ester groups is 1. The van der Waals surface area contributed by atoms with Crippen molar-refractivity contribution in [1.29, 1.82) is 0 Å². The van der Waals surface area contributed by atoms with E-state index in [1.807, 2.05) is 0 Å². The Hall–Kier alpha value is -4.40. The molecule has 1 aromatic carbocycles. The lowest BCUT2D eigenvalue weighted by Gasteiger charge is -2.25. The lowest BCUT2D eigenvalue weighted by Crippen LogP contribution is -2.40. The number of aromatic nitrogens is 4. The van der Waals surface area contributed by atoms with Gasteiger partial charge in [-0.15, -0.1) is 0 Å². The number of aryl methyl sites for hydroxylation is 2. The van der Waals surface area contributed by atoms with Gasteiger partial charge in [0.05, 0.1) is 18.2 Å². The fourth-order valence-corrected chi connectivity index (χ4v) is 6.92. The molecule has 0 radical (unpaired) electrons. The lowest BCUT2D eigenvalue weighted by molar-refractivity contribution is -0.154. The number of aromatic amines is 2. The largest absolute Gasteiger partial charge is 0.530 e. The van der Waals surface area contributed by atoms with Crippen LogP contribution in [0.1, 0.15) is 37.4 Å². The molecule has 3 aromatic rings. The number of ether oxygens (including phenoxy) is 4. The third kappa shape index (κ3) is 8.45. The summed E-state index contributed by atoms with van der Waals surface area (Å²) in [6, 6.07) is 5.79. The molecule has 0 amide bonds. The van der Waals surface area contributed by atoms with Crippen molar-refractivity contribution in [2.24, 2.45) is 0 Å². The van der Waals surface area contributed by atoms with Gasteiger partial charge in [-0.1, -0.05) is 23.7 Å². The van der Waals surface area contributed by atoms with Gasteiger partial charge in [0.25, 0.3) is 11.1 Å². The summed E-state index contributed by atoms with van der Waals surface area (Å²) in [5, 5.41) is 22.1. The predicted molar refractivity (Wildman–Crippen MR) is 175 cm³/mol. The zero-order valence-electron chi connectivity index (χ0n) is 27.8. The second-order valence-electron chi connectivity index (χ2n) is 11.8. The maximum atomic E-state index is 14.3. The van der Waals surface area contributed by atoms with E-state index in [9.17, 15) is 43.5 Å². The number of rotatable bonds is 12. The number of aliphatic hydroxyl groups is 2. The number of carbonyl (C=O) groups is 2. The molecule has 2 fully saturated rings. The Labute approximate surface area is 297 Å². The molecule has 2 aliphatic heterocycles. The molecule has 282 valence electrons. The minimum Gasteiger partial charge on any atom is -0.457 e. The van der Waals surface area contributed by atoms with Gasteiger partial charge in [-0.05, 0) is 26.0 Å². The second kappa shape index (κ2) is 15.7. The normalized spacial score (nSPS) is 26.8. The standard InChI is InChI=1S/C30H34ClN4O16P/c1-13-9-34(29(42)32-25(13)40)27-21(38)23(47-15(3)36)19(49-27)11-45-52(44,51-18-8-6-5-7-17(18)31)46-12-20-24(48-16(4)37)22(39)28(50-20)35-10-14(2)26(41)33-30(35)43/h5-10,19-24,27-28,38-39H,11-12H2,1-4H3,(H,32,40,42)(H,33,41,43). The van der Waals surface area contributed by atoms with Crippen LogP contribution in [0.4, 0.5) is 0 Å². The fourth-order valence-electron chi connectivity index (χ4n) is 5.45. The molecule has 0 bridgehead atoms. The maximum Gasteiger partial charge on any atom is 0.530 e. The fraction of sp³-hybridized carbons (Fsp3) is 0.467. The number of aliphatic hydroxyl groups excluding tert-OH is 2. The summed E-state index contributed by atoms with van der Waals surface area (Å²) in [4.78, 5) is 77.1. The average Bonchev–Trinajstić information content (AvgIpc) is 3.54. The smallest absolute Gasteiger partial charge is 0.457 e. The van der Waals surface area contributed by atoms with Crippen LogP contribution in [-0.2, 0) is 42.1 Å². The Morgan fingerprint density at radius 1 is 0.808 bits per heavy atom. The Morgan fingerprint density at radius 3 is 1.63 bits per heavy atom. The highest BCUT2D eigenvalue weighted by Crippen LogP contribution is 2.52. The number of phosphoric acid groups is 1. The zero-order chi connectivity index (χ0) is 38.1. The van der Waals surface area contributed by atoms with E-state index in [0.717, 1.165) is 35.4 Å². The van der Waals surface area contributed by atoms with Gasteiger partial charge < -0.3 is 33.7 Å². The number of nitrogens with zero attached hydrogens (tertiary/aromatic N) is 2. The maximum absolute atomic E-state index is 14.3. The lowest BCUT2D eigenvalue weighted by atomic mass is 10.1. The summed E-state index contributed by atoms with van der Waals surface area (Å²) >= 11 is 6.23. The number of benzene rings is 1. The van der Waals surface area contributed by atoms with E-state index in [1.165, 1.54) is 32.0 Å². The highest BCUT2D eigenvalue weighted by atomic mass is 35.5. The SMILES string of the molecule is CC(=O)OC1C(COP(=O)(OCC2OC(n3cc(C)c(=O)[nH]c3=O)C(O)C2OC(C)=O)Oc2ccccc2Cl)OC(n2cc(C)c(=O)[nH]c2=O)C1O. The molecular weight excluding hydrogens is 739 g/mol. The number of halogens is 1. The topological polar surface area (TPSA) is 266 Å². The average molecular weight is 773 g/mol. The van der Waals surface area contributed by atoms with E-state index < -0.39 is 105 Å². The Balaban J connectivity index is 1.42. The Bertz CT molecular complexity index is 1990. The summed E-state index contributed by atoms with van der Waals surface area (Å²) in [7, 11) is -4.89. The molecular formula is C30H34ClN4O16P. The van der Waals surface area contributed by atoms with Crippen LogP contribution in [-0.4, -0.2) is 91.1 Å². The molecule has 0 saturated carbocycles. The number of carbonyl (C=O) groups excluding carboxylic acids is 2. The van der Waals surface area contributed by atoms with E-state index in [2.05, 4.69) is 9.97 Å². The van der Waals surface area contributed by atoms with Crippen LogP contribution < -0.4 is 27.0 Å². The highest BCUT2D eigenvalue weighted by Gasteiger charge is 2.51. The number of para-hydroxylation sites is 1. The van der Waals surface area contributed by atoms with Crippen LogP contribution in [0, 0.1) is 13.8 Å². The van der Waals surface area contributed by atoms with Crippen molar-refractivity contribution in [3.63, 3.8) is 0 Å². The van der Waals surface area contributed by atoms with Crippen molar-refractivity contribution in [1.82, 2.24) is 19.1 Å². The zero-order valence-corrected chi connectivity index (χ0v) is 29.5. The first-order valence-electron chi connectivity index (χ1n) is 15.5. The van der Waals surface area contributed by atoms with Crippen LogP contribution in [0.3, 0.4) is 0 Å². The molecule has 4 heterocycles. The van der Waals surface area contributed by atoms with Crippen LogP contribution in [0.5, 0.6) is 5.75 Å². The summed E-state index contributed by atoms with van der Waals surface area (Å²) in [5.41, 5.74) is -3.06. The third-order valence-corrected chi connectivity index (χ3v) is 9.57. The van der Waals surface area contributed by atoms with E-state index >= 15 is 0 Å². The molecule has 0 spiro atoms. The van der Waals surface area contributed by atoms with Gasteiger partial charge in [-0.3, -0.25) is 47.3 Å². The molecule has 2 aromatic heterocycles. The molecule has 5 rings (SSSR count). The highest BCUT2D eigenvalue weighted by molar-refractivity contribution is 7.48. The predicted octanol–water partition coefficient (Wildman–Crippen LogP) is -0.0427. The van der Waals surface area contributed by atoms with E-state index in [0.29, 0.717) is 0 Å². The summed E-state index contributed by atoms with van der Waals surface area (Å²) in [6.07, 6.45) is -10.0. The van der Waals surface area contributed by atoms with Gasteiger partial charge in [0, 0.05) is 37.4 Å². The van der Waals surface area contributed by atoms with Crippen molar-refractivity contribution in [3.05, 3.63) is 94.5 Å². The monoisotopic (exact) mass is 772 g/mol. The summed E-state index contributed by atoms with van der Waals surface area (Å²) in [6.45, 7) is 3.35. The van der Waals surface area contributed by atoms with Gasteiger partial charge in [0.1, 0.15) is 30.2 Å². The van der Waals surface area contributed by atoms with Gasteiger partial charge in [0.15, 0.2) is 24.7 Å². The van der Waals surface area contributed by atoms with Gasteiger partial charge in [0.2, 0.25) is 0 Å². The minimum absolute atomic E-state index is 0.0219. The number of nitrogens with one attached hydrogen (secondary N) is 2. The number of H-pyrrole nitrogens is 2. The quantitative estimate of drug-likeness (QED) is 0.139. The van der Waals surface area contributed by atoms with Crippen LogP contribution in [0.15, 0.2) is 55.8 Å². The van der Waals surface area contributed by atoms with E-state index in [4.69, 9.17) is 44.1 Å². The van der Waals surface area contributed by atoms with Gasteiger partial charge in [-0.25, -0.2) is 14.2 Å². The molecule has 52 heavy (non-hydrogen) atoms. The molecule has 2 saturated heterocycles. The number of hydrogen-bond donors (Lipinski definition) is 4. The van der Waals surface area contributed by atoms with Gasteiger partial charge in [-0.2, -0.15) is 0 Å². The molecule has 4 N–H and O–H groups in total. The minimum atomic E-state index is -4.89. The molecule has 8 atom stereocenters. The Morgan fingerprint density at radius 2 is 1.23 bits per heavy atom. The van der Waals surface area contributed by atoms with Crippen molar-refractivity contribution in [3.8, 4) is 5.75 Å².